The number of aromatic nitrogens is 3. The van der Waals surface area contributed by atoms with Gasteiger partial charge in [-0.1, -0.05) is 0 Å². The molecule has 0 fully saturated rings. The zero-order chi connectivity index (χ0) is 14.8. The van der Waals surface area contributed by atoms with Gasteiger partial charge in [-0.05, 0) is 24.3 Å². The zero-order valence-corrected chi connectivity index (χ0v) is 10.8. The molecule has 0 spiro atoms. The van der Waals surface area contributed by atoms with E-state index >= 15 is 0 Å². The fourth-order valence-electron chi connectivity index (χ4n) is 2.00. The van der Waals surface area contributed by atoms with E-state index in [1.54, 1.807) is 36.9 Å². The molecule has 0 saturated carbocycles. The van der Waals surface area contributed by atoms with Crippen LogP contribution in [0, 0.1) is 10.1 Å². The summed E-state index contributed by atoms with van der Waals surface area (Å²) >= 11 is 0. The summed E-state index contributed by atoms with van der Waals surface area (Å²) in [4.78, 5) is 26.5. The van der Waals surface area contributed by atoms with Crippen LogP contribution in [-0.4, -0.2) is 19.0 Å². The topological polar surface area (TPSA) is 83.0 Å². The Morgan fingerprint density at radius 3 is 2.24 bits per heavy atom. The Kier molecular flexibility index (Phi) is 3.07. The number of nitro groups is 1. The third-order valence-corrected chi connectivity index (χ3v) is 3.04. The fraction of sp³-hybridized carbons (Fsp3) is 0. The number of imidazole rings is 1. The van der Waals surface area contributed by atoms with Crippen LogP contribution in [0.4, 0.5) is 5.69 Å². The third-order valence-electron chi connectivity index (χ3n) is 3.04. The first-order chi connectivity index (χ1) is 10.2. The van der Waals surface area contributed by atoms with Gasteiger partial charge in [-0.3, -0.25) is 24.2 Å². The number of nitrogens with zero attached hydrogens (tertiary/aromatic N) is 4. The molecule has 0 aliphatic carbocycles. The highest BCUT2D eigenvalue weighted by molar-refractivity contribution is 5.41. The van der Waals surface area contributed by atoms with E-state index < -0.39 is 4.92 Å². The van der Waals surface area contributed by atoms with Crippen LogP contribution in [0.2, 0.25) is 0 Å². The number of hydrogen-bond acceptors (Lipinski definition) is 4. The summed E-state index contributed by atoms with van der Waals surface area (Å²) in [6.07, 6.45) is 6.45. The van der Waals surface area contributed by atoms with Crippen LogP contribution in [-0.2, 0) is 0 Å². The van der Waals surface area contributed by atoms with Gasteiger partial charge in [-0.15, -0.1) is 0 Å². The summed E-state index contributed by atoms with van der Waals surface area (Å²) in [5, 5.41) is 10.6. The highest BCUT2D eigenvalue weighted by Crippen LogP contribution is 2.14. The number of rotatable bonds is 3. The summed E-state index contributed by atoms with van der Waals surface area (Å²) < 4.78 is 2.87. The van der Waals surface area contributed by atoms with Gasteiger partial charge in [0.2, 0.25) is 0 Å². The molecule has 3 rings (SSSR count). The van der Waals surface area contributed by atoms with Crippen molar-refractivity contribution >= 4 is 5.69 Å². The maximum Gasteiger partial charge on any atom is 0.337 e. The lowest BCUT2D eigenvalue weighted by molar-refractivity contribution is -0.384. The Labute approximate surface area is 118 Å². The second kappa shape index (κ2) is 5.04. The molecule has 7 nitrogen and oxygen atoms in total. The average Bonchev–Trinajstić information content (AvgIpc) is 2.90. The smallest absolute Gasteiger partial charge is 0.268 e. The number of pyridine rings is 1. The molecule has 7 heteroatoms. The number of non-ortho nitro benzene ring substituents is 1. The molecule has 104 valence electrons. The molecule has 21 heavy (non-hydrogen) atoms. The molecule has 0 aliphatic rings. The first kappa shape index (κ1) is 12.8. The highest BCUT2D eigenvalue weighted by atomic mass is 16.6. The second-order valence-electron chi connectivity index (χ2n) is 4.31. The van der Waals surface area contributed by atoms with Crippen molar-refractivity contribution in [3.05, 3.63) is 81.8 Å². The molecule has 0 atom stereocenters. The van der Waals surface area contributed by atoms with Crippen molar-refractivity contribution in [2.45, 2.75) is 0 Å². The van der Waals surface area contributed by atoms with Crippen molar-refractivity contribution in [2.75, 3.05) is 0 Å². The minimum Gasteiger partial charge on any atom is -0.268 e. The largest absolute Gasteiger partial charge is 0.337 e. The molecule has 0 unspecified atom stereocenters. The SMILES string of the molecule is O=c1n(-c2ccc([N+](=O)[O-])cc2)ccn1-c1cccnc1. The molecule has 0 aliphatic heterocycles. The van der Waals surface area contributed by atoms with Gasteiger partial charge in [0, 0.05) is 30.7 Å². The summed E-state index contributed by atoms with van der Waals surface area (Å²) in [5.74, 6) is 0. The van der Waals surface area contributed by atoms with Gasteiger partial charge < -0.3 is 0 Å². The van der Waals surface area contributed by atoms with E-state index in [1.165, 1.54) is 33.4 Å². The lowest BCUT2D eigenvalue weighted by Crippen LogP contribution is -2.21. The van der Waals surface area contributed by atoms with E-state index in [2.05, 4.69) is 4.98 Å². The van der Waals surface area contributed by atoms with Gasteiger partial charge in [0.1, 0.15) is 0 Å². The number of benzene rings is 1. The maximum absolute atomic E-state index is 12.4. The molecule has 1 aromatic carbocycles. The average molecular weight is 282 g/mol. The van der Waals surface area contributed by atoms with E-state index in [0.717, 1.165) is 0 Å². The minimum absolute atomic E-state index is 0.0153. The van der Waals surface area contributed by atoms with Crippen molar-refractivity contribution in [1.29, 1.82) is 0 Å². The Hall–Kier alpha value is -3.22. The van der Waals surface area contributed by atoms with Crippen molar-refractivity contribution in [1.82, 2.24) is 14.1 Å². The van der Waals surface area contributed by atoms with Crippen LogP contribution >= 0.6 is 0 Å². The first-order valence-corrected chi connectivity index (χ1v) is 6.12. The quantitative estimate of drug-likeness (QED) is 0.543. The highest BCUT2D eigenvalue weighted by Gasteiger charge is 2.09. The first-order valence-electron chi connectivity index (χ1n) is 6.12. The Morgan fingerprint density at radius 2 is 1.67 bits per heavy atom. The Balaban J connectivity index is 2.03. The van der Waals surface area contributed by atoms with E-state index in [0.29, 0.717) is 11.4 Å². The van der Waals surface area contributed by atoms with Crippen LogP contribution in [0.1, 0.15) is 0 Å². The molecular formula is C14H10N4O3. The van der Waals surface area contributed by atoms with Gasteiger partial charge in [-0.25, -0.2) is 4.79 Å². The lowest BCUT2D eigenvalue weighted by Gasteiger charge is -2.02. The summed E-state index contributed by atoms with van der Waals surface area (Å²) in [7, 11) is 0. The minimum atomic E-state index is -0.479. The monoisotopic (exact) mass is 282 g/mol. The predicted molar refractivity (Wildman–Crippen MR) is 75.8 cm³/mol. The molecule has 0 amide bonds. The van der Waals surface area contributed by atoms with Crippen LogP contribution in [0.5, 0.6) is 0 Å². The van der Waals surface area contributed by atoms with E-state index in [9.17, 15) is 14.9 Å². The zero-order valence-electron chi connectivity index (χ0n) is 10.8. The van der Waals surface area contributed by atoms with E-state index in [4.69, 9.17) is 0 Å². The van der Waals surface area contributed by atoms with Gasteiger partial charge in [0.15, 0.2) is 0 Å². The number of hydrogen-bond donors (Lipinski definition) is 0. The van der Waals surface area contributed by atoms with Crippen molar-refractivity contribution in [3.8, 4) is 11.4 Å². The fourth-order valence-corrected chi connectivity index (χ4v) is 2.00. The normalized spacial score (nSPS) is 10.5. The predicted octanol–water partition coefficient (Wildman–Crippen LogP) is 1.93. The van der Waals surface area contributed by atoms with Gasteiger partial charge in [0.25, 0.3) is 5.69 Å². The standard InChI is InChI=1S/C14H10N4O3/c19-14-16(11-3-5-12(6-4-11)18(20)21)8-9-17(14)13-2-1-7-15-10-13/h1-10H. The summed E-state index contributed by atoms with van der Waals surface area (Å²) in [5.41, 5.74) is 0.937. The summed E-state index contributed by atoms with van der Waals surface area (Å²) in [6.45, 7) is 0. The molecule has 2 heterocycles. The van der Waals surface area contributed by atoms with E-state index in [-0.39, 0.29) is 11.4 Å². The van der Waals surface area contributed by atoms with Gasteiger partial charge in [0.05, 0.1) is 22.5 Å². The van der Waals surface area contributed by atoms with E-state index in [1.807, 2.05) is 0 Å². The van der Waals surface area contributed by atoms with Gasteiger partial charge >= 0.3 is 5.69 Å². The molecular weight excluding hydrogens is 272 g/mol. The van der Waals surface area contributed by atoms with Crippen LogP contribution in [0.15, 0.2) is 66.0 Å². The molecule has 2 aromatic heterocycles. The van der Waals surface area contributed by atoms with Gasteiger partial charge in [-0.2, -0.15) is 0 Å². The molecule has 3 aromatic rings. The number of nitro benzene ring substituents is 1. The molecule has 0 radical (unpaired) electrons. The molecule has 0 N–H and O–H groups in total. The summed E-state index contributed by atoms with van der Waals surface area (Å²) in [6, 6.07) is 9.31. The van der Waals surface area contributed by atoms with Crippen molar-refractivity contribution < 1.29 is 4.92 Å². The Morgan fingerprint density at radius 1 is 1.00 bits per heavy atom. The van der Waals surface area contributed by atoms with Crippen molar-refractivity contribution in [2.24, 2.45) is 0 Å². The van der Waals surface area contributed by atoms with Crippen LogP contribution < -0.4 is 5.69 Å². The Bertz CT molecular complexity index is 835. The molecule has 0 saturated heterocycles. The van der Waals surface area contributed by atoms with Crippen LogP contribution in [0.3, 0.4) is 0 Å². The maximum atomic E-state index is 12.4. The van der Waals surface area contributed by atoms with Crippen molar-refractivity contribution in [3.63, 3.8) is 0 Å². The van der Waals surface area contributed by atoms with Crippen LogP contribution in [0.25, 0.3) is 11.4 Å². The second-order valence-corrected chi connectivity index (χ2v) is 4.31. The lowest BCUT2D eigenvalue weighted by atomic mass is 10.3. The third kappa shape index (κ3) is 2.32. The molecule has 0 bridgehead atoms.